The maximum atomic E-state index is 11.0. The number of hydrogen-bond donors (Lipinski definition) is 2. The number of aliphatic hydroxyl groups excluding tert-OH is 1. The highest BCUT2D eigenvalue weighted by Crippen LogP contribution is 2.32. The lowest BCUT2D eigenvalue weighted by atomic mass is 10.1. The van der Waals surface area contributed by atoms with Crippen LogP contribution in [0.3, 0.4) is 0 Å². The molecule has 2 aromatic heterocycles. The Hall–Kier alpha value is -4.30. The Morgan fingerprint density at radius 2 is 1.69 bits per heavy atom. The number of rotatable bonds is 8. The van der Waals surface area contributed by atoms with Crippen molar-refractivity contribution in [3.63, 3.8) is 0 Å². The molecule has 178 valence electrons. The lowest BCUT2D eigenvalue weighted by Crippen LogP contribution is -2.08. The van der Waals surface area contributed by atoms with Crippen molar-refractivity contribution in [2.75, 3.05) is 26.6 Å². The van der Waals surface area contributed by atoms with Crippen LogP contribution >= 0.6 is 0 Å². The van der Waals surface area contributed by atoms with Gasteiger partial charge in [-0.15, -0.1) is 0 Å². The zero-order valence-electron chi connectivity index (χ0n) is 19.7. The van der Waals surface area contributed by atoms with Crippen molar-refractivity contribution in [1.29, 1.82) is 0 Å². The fourth-order valence-electron chi connectivity index (χ4n) is 4.13. The molecule has 0 radical (unpaired) electrons. The Bertz CT molecular complexity index is 1480. The molecule has 8 heteroatoms. The summed E-state index contributed by atoms with van der Waals surface area (Å²) in [6, 6.07) is 20.9. The Morgan fingerprint density at radius 1 is 0.886 bits per heavy atom. The second-order valence-corrected chi connectivity index (χ2v) is 8.00. The highest BCUT2D eigenvalue weighted by atomic mass is 16.5. The summed E-state index contributed by atoms with van der Waals surface area (Å²) >= 11 is 0. The molecule has 0 aliphatic heterocycles. The second-order valence-electron chi connectivity index (χ2n) is 8.00. The molecule has 0 bridgehead atoms. The standard InChI is InChI=1S/C27H26N4O4/c1-33-19-13-12-18(23(14-19)35-3)15-28-27-30-24-20(10-7-11-22(24)34-2)26-29-21(16-31(26)27)25(32)17-8-5-4-6-9-17/h4-14,16,25,32H,15H2,1-3H3,(H,28,30). The zero-order chi connectivity index (χ0) is 24.4. The molecule has 0 spiro atoms. The summed E-state index contributed by atoms with van der Waals surface area (Å²) in [5.74, 6) is 2.63. The molecule has 0 fully saturated rings. The summed E-state index contributed by atoms with van der Waals surface area (Å²) in [7, 11) is 4.87. The normalized spacial score (nSPS) is 12.0. The Balaban J connectivity index is 1.61. The molecule has 1 atom stereocenters. The molecular formula is C27H26N4O4. The molecule has 8 nitrogen and oxygen atoms in total. The van der Waals surface area contributed by atoms with Gasteiger partial charge in [0.1, 0.15) is 34.5 Å². The van der Waals surface area contributed by atoms with Crippen molar-refractivity contribution < 1.29 is 19.3 Å². The van der Waals surface area contributed by atoms with Gasteiger partial charge in [0.05, 0.1) is 27.0 Å². The maximum absolute atomic E-state index is 11.0. The van der Waals surface area contributed by atoms with Gasteiger partial charge in [0.15, 0.2) is 0 Å². The van der Waals surface area contributed by atoms with E-state index in [1.165, 1.54) is 0 Å². The minimum Gasteiger partial charge on any atom is -0.497 e. The number of methoxy groups -OCH3 is 3. The number of imidazole rings is 1. The number of aliphatic hydroxyl groups is 1. The van der Waals surface area contributed by atoms with E-state index >= 15 is 0 Å². The number of hydrogen-bond acceptors (Lipinski definition) is 7. The van der Waals surface area contributed by atoms with Crippen molar-refractivity contribution in [2.24, 2.45) is 0 Å². The van der Waals surface area contributed by atoms with Gasteiger partial charge in [-0.25, -0.2) is 9.97 Å². The van der Waals surface area contributed by atoms with E-state index in [1.807, 2.05) is 77.3 Å². The number of nitrogens with zero attached hydrogens (tertiary/aromatic N) is 3. The molecule has 0 saturated carbocycles. The number of para-hydroxylation sites is 1. The molecule has 0 amide bonds. The van der Waals surface area contributed by atoms with Gasteiger partial charge in [-0.3, -0.25) is 4.40 Å². The first-order valence-electron chi connectivity index (χ1n) is 11.2. The van der Waals surface area contributed by atoms with Crippen molar-refractivity contribution in [1.82, 2.24) is 14.4 Å². The largest absolute Gasteiger partial charge is 0.497 e. The number of anilines is 1. The Morgan fingerprint density at radius 3 is 2.43 bits per heavy atom. The summed E-state index contributed by atoms with van der Waals surface area (Å²) in [4.78, 5) is 9.66. The minimum absolute atomic E-state index is 0.449. The first-order chi connectivity index (χ1) is 17.1. The van der Waals surface area contributed by atoms with Gasteiger partial charge in [0.2, 0.25) is 5.95 Å². The molecule has 3 aromatic carbocycles. The highest BCUT2D eigenvalue weighted by Gasteiger charge is 2.19. The average Bonchev–Trinajstić information content (AvgIpc) is 3.37. The molecule has 35 heavy (non-hydrogen) atoms. The third kappa shape index (κ3) is 4.20. The minimum atomic E-state index is -0.869. The third-order valence-electron chi connectivity index (χ3n) is 5.96. The number of aromatic nitrogens is 3. The highest BCUT2D eigenvalue weighted by molar-refractivity contribution is 5.96. The van der Waals surface area contributed by atoms with Crippen LogP contribution in [0.25, 0.3) is 16.6 Å². The summed E-state index contributed by atoms with van der Waals surface area (Å²) in [5.41, 5.74) is 3.58. The van der Waals surface area contributed by atoms with Crippen LogP contribution in [0.1, 0.15) is 22.9 Å². The van der Waals surface area contributed by atoms with Gasteiger partial charge < -0.3 is 24.6 Å². The van der Waals surface area contributed by atoms with Crippen LogP contribution in [0.4, 0.5) is 5.95 Å². The van der Waals surface area contributed by atoms with Gasteiger partial charge in [-0.05, 0) is 29.8 Å². The molecule has 0 aliphatic rings. The predicted octanol–water partition coefficient (Wildman–Crippen LogP) is 4.60. The van der Waals surface area contributed by atoms with Crippen molar-refractivity contribution in [3.8, 4) is 17.2 Å². The van der Waals surface area contributed by atoms with E-state index in [0.29, 0.717) is 40.8 Å². The SMILES string of the molecule is COc1ccc(CNc2nc3c(OC)cccc3c3nc(C(O)c4ccccc4)cn23)c(OC)c1. The molecule has 1 unspecified atom stereocenters. The first kappa shape index (κ1) is 22.5. The van der Waals surface area contributed by atoms with Gasteiger partial charge in [-0.2, -0.15) is 0 Å². The lowest BCUT2D eigenvalue weighted by Gasteiger charge is -2.14. The number of nitrogens with one attached hydrogen (secondary N) is 1. The first-order valence-corrected chi connectivity index (χ1v) is 11.2. The zero-order valence-corrected chi connectivity index (χ0v) is 19.7. The van der Waals surface area contributed by atoms with Crippen LogP contribution in [0.2, 0.25) is 0 Å². The summed E-state index contributed by atoms with van der Waals surface area (Å²) in [6.45, 7) is 0.449. The van der Waals surface area contributed by atoms with E-state index < -0.39 is 6.10 Å². The van der Waals surface area contributed by atoms with E-state index in [-0.39, 0.29) is 0 Å². The van der Waals surface area contributed by atoms with E-state index in [1.54, 1.807) is 21.3 Å². The van der Waals surface area contributed by atoms with Crippen molar-refractivity contribution in [2.45, 2.75) is 12.6 Å². The fraction of sp³-hybridized carbons (Fsp3) is 0.185. The smallest absolute Gasteiger partial charge is 0.209 e. The van der Waals surface area contributed by atoms with Crippen LogP contribution in [-0.4, -0.2) is 40.8 Å². The van der Waals surface area contributed by atoms with E-state index in [0.717, 1.165) is 22.3 Å². The molecule has 5 rings (SSSR count). The molecular weight excluding hydrogens is 444 g/mol. The van der Waals surface area contributed by atoms with Gasteiger partial charge >= 0.3 is 0 Å². The molecule has 2 N–H and O–H groups in total. The fourth-order valence-corrected chi connectivity index (χ4v) is 4.13. The maximum Gasteiger partial charge on any atom is 0.209 e. The Labute approximate surface area is 202 Å². The summed E-state index contributed by atoms with van der Waals surface area (Å²) in [6.07, 6.45) is 0.943. The lowest BCUT2D eigenvalue weighted by molar-refractivity contribution is 0.216. The summed E-state index contributed by atoms with van der Waals surface area (Å²) < 4.78 is 18.3. The van der Waals surface area contributed by atoms with Crippen LogP contribution in [0.5, 0.6) is 17.2 Å². The predicted molar refractivity (Wildman–Crippen MR) is 134 cm³/mol. The van der Waals surface area contributed by atoms with Crippen molar-refractivity contribution in [3.05, 3.63) is 89.7 Å². The Kier molecular flexibility index (Phi) is 6.12. The van der Waals surface area contributed by atoms with Crippen LogP contribution in [0.15, 0.2) is 72.9 Å². The van der Waals surface area contributed by atoms with Crippen LogP contribution < -0.4 is 19.5 Å². The molecule has 0 saturated heterocycles. The molecule has 5 aromatic rings. The monoisotopic (exact) mass is 470 g/mol. The second kappa shape index (κ2) is 9.52. The van der Waals surface area contributed by atoms with E-state index in [2.05, 4.69) is 5.32 Å². The number of fused-ring (bicyclic) bond motifs is 3. The quantitative estimate of drug-likeness (QED) is 0.342. The average molecular weight is 471 g/mol. The number of ether oxygens (including phenoxy) is 3. The molecule has 0 aliphatic carbocycles. The van der Waals surface area contributed by atoms with Crippen molar-refractivity contribution >= 4 is 22.5 Å². The van der Waals surface area contributed by atoms with Crippen LogP contribution in [0, 0.1) is 0 Å². The summed E-state index contributed by atoms with van der Waals surface area (Å²) in [5, 5.41) is 15.2. The molecule has 2 heterocycles. The topological polar surface area (TPSA) is 90.1 Å². The van der Waals surface area contributed by atoms with E-state index in [9.17, 15) is 5.11 Å². The van der Waals surface area contributed by atoms with Crippen LogP contribution in [-0.2, 0) is 6.54 Å². The van der Waals surface area contributed by atoms with Gasteiger partial charge in [0, 0.05) is 29.8 Å². The third-order valence-corrected chi connectivity index (χ3v) is 5.96. The van der Waals surface area contributed by atoms with Gasteiger partial charge in [-0.1, -0.05) is 36.4 Å². The number of benzene rings is 3. The van der Waals surface area contributed by atoms with Gasteiger partial charge in [0.25, 0.3) is 0 Å². The van der Waals surface area contributed by atoms with E-state index in [4.69, 9.17) is 24.2 Å².